The van der Waals surface area contributed by atoms with Crippen molar-refractivity contribution < 1.29 is 13.2 Å². The van der Waals surface area contributed by atoms with Gasteiger partial charge < -0.3 is 10.5 Å². The molecule has 1 saturated heterocycles. The van der Waals surface area contributed by atoms with E-state index in [-0.39, 0.29) is 21.6 Å². The van der Waals surface area contributed by atoms with Crippen molar-refractivity contribution in [2.24, 2.45) is 0 Å². The molecular weight excluding hydrogens is 252 g/mol. The summed E-state index contributed by atoms with van der Waals surface area (Å²) >= 11 is 0.844. The largest absolute Gasteiger partial charge is 0.377 e. The maximum atomic E-state index is 11.8. The lowest BCUT2D eigenvalue weighted by Crippen LogP contribution is -2.39. The van der Waals surface area contributed by atoms with E-state index < -0.39 is 10.0 Å². The average molecular weight is 264 g/mol. The highest BCUT2D eigenvalue weighted by molar-refractivity contribution is 7.91. The highest BCUT2D eigenvalue weighted by Gasteiger charge is 2.30. The van der Waals surface area contributed by atoms with Crippen LogP contribution in [0.15, 0.2) is 4.34 Å². The van der Waals surface area contributed by atoms with Crippen molar-refractivity contribution in [1.82, 2.24) is 14.9 Å². The molecule has 2 rings (SSSR count). The summed E-state index contributed by atoms with van der Waals surface area (Å²) in [7, 11) is -3.62. The average Bonchev–Trinajstić information content (AvgIpc) is 2.77. The predicted molar refractivity (Wildman–Crippen MR) is 58.5 cm³/mol. The summed E-state index contributed by atoms with van der Waals surface area (Å²) in [5, 5.41) is 7.11. The van der Waals surface area contributed by atoms with Crippen molar-refractivity contribution in [2.75, 3.05) is 12.3 Å². The molecule has 0 aromatic carbocycles. The molecule has 0 saturated carbocycles. The molecule has 0 amide bonds. The van der Waals surface area contributed by atoms with Gasteiger partial charge in [0.15, 0.2) is 0 Å². The van der Waals surface area contributed by atoms with E-state index in [1.54, 1.807) is 0 Å². The number of aromatic nitrogens is 2. The van der Waals surface area contributed by atoms with Crippen molar-refractivity contribution in [3.8, 4) is 0 Å². The fourth-order valence-corrected chi connectivity index (χ4v) is 3.60. The highest BCUT2D eigenvalue weighted by Crippen LogP contribution is 2.20. The zero-order valence-corrected chi connectivity index (χ0v) is 10.2. The normalized spacial score (nSPS) is 26.1. The Morgan fingerprint density at radius 2 is 2.31 bits per heavy atom. The van der Waals surface area contributed by atoms with Gasteiger partial charge in [0.1, 0.15) is 0 Å². The van der Waals surface area contributed by atoms with Crippen LogP contribution in [0.4, 0.5) is 5.13 Å². The van der Waals surface area contributed by atoms with Crippen LogP contribution in [0.2, 0.25) is 0 Å². The number of hydrogen-bond donors (Lipinski definition) is 2. The van der Waals surface area contributed by atoms with Crippen molar-refractivity contribution >= 4 is 26.5 Å². The fraction of sp³-hybridized carbons (Fsp3) is 0.714. The minimum Gasteiger partial charge on any atom is -0.377 e. The third-order valence-corrected chi connectivity index (χ3v) is 4.94. The van der Waals surface area contributed by atoms with Crippen LogP contribution in [0.5, 0.6) is 0 Å². The summed E-state index contributed by atoms with van der Waals surface area (Å²) in [5.41, 5.74) is 5.34. The summed E-state index contributed by atoms with van der Waals surface area (Å²) in [6, 6.07) is -0.213. The number of nitrogens with one attached hydrogen (secondary N) is 1. The first-order valence-electron chi connectivity index (χ1n) is 4.72. The summed E-state index contributed by atoms with van der Waals surface area (Å²) in [6.07, 6.45) is 0.536. The summed E-state index contributed by atoms with van der Waals surface area (Å²) in [4.78, 5) is 0. The zero-order valence-electron chi connectivity index (χ0n) is 8.58. The molecule has 1 aliphatic rings. The van der Waals surface area contributed by atoms with Gasteiger partial charge in [-0.1, -0.05) is 11.3 Å². The molecule has 2 unspecified atom stereocenters. The van der Waals surface area contributed by atoms with Crippen LogP contribution in [0.3, 0.4) is 0 Å². The Labute approximate surface area is 97.1 Å². The van der Waals surface area contributed by atoms with Gasteiger partial charge >= 0.3 is 0 Å². The molecule has 16 heavy (non-hydrogen) atoms. The third kappa shape index (κ3) is 2.32. The first-order valence-corrected chi connectivity index (χ1v) is 7.02. The summed E-state index contributed by atoms with van der Waals surface area (Å²) in [6.45, 7) is 2.39. The molecule has 0 aliphatic carbocycles. The van der Waals surface area contributed by atoms with E-state index >= 15 is 0 Å². The minimum absolute atomic E-state index is 0.107. The van der Waals surface area contributed by atoms with Gasteiger partial charge in [0.25, 0.3) is 10.0 Å². The molecule has 1 fully saturated rings. The molecule has 3 N–H and O–H groups in total. The smallest absolute Gasteiger partial charge is 0.270 e. The molecule has 90 valence electrons. The third-order valence-electron chi connectivity index (χ3n) is 2.33. The fourth-order valence-electron chi connectivity index (χ4n) is 1.47. The molecule has 0 spiro atoms. The Balaban J connectivity index is 2.14. The monoisotopic (exact) mass is 264 g/mol. The Morgan fingerprint density at radius 1 is 1.56 bits per heavy atom. The van der Waals surface area contributed by atoms with E-state index in [9.17, 15) is 8.42 Å². The van der Waals surface area contributed by atoms with E-state index in [0.29, 0.717) is 13.0 Å². The van der Waals surface area contributed by atoms with E-state index in [1.165, 1.54) is 0 Å². The second kappa shape index (κ2) is 4.24. The van der Waals surface area contributed by atoms with Crippen LogP contribution in [0.25, 0.3) is 0 Å². The molecule has 2 heterocycles. The topological polar surface area (TPSA) is 107 Å². The van der Waals surface area contributed by atoms with Crippen LogP contribution < -0.4 is 10.5 Å². The zero-order chi connectivity index (χ0) is 11.8. The molecule has 0 radical (unpaired) electrons. The van der Waals surface area contributed by atoms with Gasteiger partial charge in [-0.3, -0.25) is 0 Å². The molecule has 1 aromatic heterocycles. The van der Waals surface area contributed by atoms with Gasteiger partial charge in [-0.05, 0) is 13.3 Å². The van der Waals surface area contributed by atoms with Gasteiger partial charge in [0, 0.05) is 6.61 Å². The van der Waals surface area contributed by atoms with Gasteiger partial charge in [0.2, 0.25) is 9.47 Å². The van der Waals surface area contributed by atoms with E-state index in [0.717, 1.165) is 11.3 Å². The molecule has 2 atom stereocenters. The Bertz CT molecular complexity index is 472. The van der Waals surface area contributed by atoms with Gasteiger partial charge in [0.05, 0.1) is 12.1 Å². The second-order valence-electron chi connectivity index (χ2n) is 3.50. The Morgan fingerprint density at radius 3 is 2.81 bits per heavy atom. The summed E-state index contributed by atoms with van der Waals surface area (Å²) in [5.74, 6) is 0. The standard InChI is InChI=1S/C7H12N4O3S2/c1-4-5(2-3-14-4)11-16(12,13)7-10-9-6(8)15-7/h4-5,11H,2-3H2,1H3,(H2,8,9). The van der Waals surface area contributed by atoms with E-state index in [4.69, 9.17) is 10.5 Å². The number of nitrogens with two attached hydrogens (primary N) is 1. The maximum absolute atomic E-state index is 11.8. The number of nitrogen functional groups attached to an aromatic ring is 1. The van der Waals surface area contributed by atoms with Crippen molar-refractivity contribution in [2.45, 2.75) is 29.8 Å². The van der Waals surface area contributed by atoms with Gasteiger partial charge in [-0.2, -0.15) is 0 Å². The Kier molecular flexibility index (Phi) is 3.10. The lowest BCUT2D eigenvalue weighted by atomic mass is 10.2. The lowest BCUT2D eigenvalue weighted by molar-refractivity contribution is 0.117. The van der Waals surface area contributed by atoms with Crippen LogP contribution in [-0.2, 0) is 14.8 Å². The number of ether oxygens (including phenoxy) is 1. The van der Waals surface area contributed by atoms with Gasteiger partial charge in [-0.25, -0.2) is 13.1 Å². The molecular formula is C7H12N4O3S2. The SMILES string of the molecule is CC1OCCC1NS(=O)(=O)c1nnc(N)s1. The number of nitrogens with zero attached hydrogens (tertiary/aromatic N) is 2. The minimum atomic E-state index is -3.62. The quantitative estimate of drug-likeness (QED) is 0.767. The van der Waals surface area contributed by atoms with Crippen molar-refractivity contribution in [3.05, 3.63) is 0 Å². The molecule has 0 bridgehead atoms. The first kappa shape index (κ1) is 11.7. The summed E-state index contributed by atoms with van der Waals surface area (Å²) < 4.78 is 31.4. The van der Waals surface area contributed by atoms with Gasteiger partial charge in [-0.15, -0.1) is 10.2 Å². The molecule has 9 heteroatoms. The predicted octanol–water partition coefficient (Wildman–Crippen LogP) is -0.424. The number of rotatable bonds is 3. The first-order chi connectivity index (χ1) is 7.49. The number of anilines is 1. The van der Waals surface area contributed by atoms with Crippen LogP contribution in [-0.4, -0.2) is 37.4 Å². The van der Waals surface area contributed by atoms with Crippen LogP contribution in [0.1, 0.15) is 13.3 Å². The van der Waals surface area contributed by atoms with Crippen molar-refractivity contribution in [1.29, 1.82) is 0 Å². The molecule has 7 nitrogen and oxygen atoms in total. The van der Waals surface area contributed by atoms with Crippen LogP contribution in [0, 0.1) is 0 Å². The molecule has 1 aliphatic heterocycles. The van der Waals surface area contributed by atoms with Crippen LogP contribution >= 0.6 is 11.3 Å². The molecule has 1 aromatic rings. The van der Waals surface area contributed by atoms with E-state index in [1.807, 2.05) is 6.92 Å². The van der Waals surface area contributed by atoms with E-state index in [2.05, 4.69) is 14.9 Å². The lowest BCUT2D eigenvalue weighted by Gasteiger charge is -2.14. The Hall–Kier alpha value is -0.770. The van der Waals surface area contributed by atoms with Crippen molar-refractivity contribution in [3.63, 3.8) is 0 Å². The second-order valence-corrected chi connectivity index (χ2v) is 6.40. The number of sulfonamides is 1. The maximum Gasteiger partial charge on any atom is 0.270 e. The highest BCUT2D eigenvalue weighted by atomic mass is 32.2. The number of hydrogen-bond acceptors (Lipinski definition) is 7.